The highest BCUT2D eigenvalue weighted by atomic mass is 16.3. The molecule has 1 saturated heterocycles. The maximum absolute atomic E-state index is 12.4. The van der Waals surface area contributed by atoms with Crippen LogP contribution in [0.15, 0.2) is 17.8 Å². The predicted octanol–water partition coefficient (Wildman–Crippen LogP) is 2.17. The van der Waals surface area contributed by atoms with Crippen molar-refractivity contribution in [3.8, 4) is 0 Å². The van der Waals surface area contributed by atoms with E-state index in [0.29, 0.717) is 25.2 Å². The van der Waals surface area contributed by atoms with Crippen molar-refractivity contribution in [1.29, 1.82) is 0 Å². The minimum absolute atomic E-state index is 0.0223. The molecule has 0 spiro atoms. The van der Waals surface area contributed by atoms with Crippen LogP contribution in [0, 0.1) is 0 Å². The smallest absolute Gasteiger partial charge is 0.246 e. The van der Waals surface area contributed by atoms with Crippen LogP contribution in [0.5, 0.6) is 0 Å². The van der Waals surface area contributed by atoms with Crippen molar-refractivity contribution >= 4 is 5.91 Å². The third-order valence-electron chi connectivity index (χ3n) is 4.90. The molecule has 1 aromatic heterocycles. The van der Waals surface area contributed by atoms with Crippen molar-refractivity contribution in [2.45, 2.75) is 64.0 Å². The van der Waals surface area contributed by atoms with Gasteiger partial charge in [0.1, 0.15) is 11.3 Å². The molecule has 3 rings (SSSR count). The van der Waals surface area contributed by atoms with E-state index in [1.807, 2.05) is 13.8 Å². The molecule has 126 valence electrons. The third kappa shape index (κ3) is 3.47. The number of allylic oxidation sites excluding steroid dienone is 1. The maximum Gasteiger partial charge on any atom is 0.246 e. The summed E-state index contributed by atoms with van der Waals surface area (Å²) in [6, 6.07) is 0.204. The highest BCUT2D eigenvalue weighted by Gasteiger charge is 2.41. The monoisotopic (exact) mass is 318 g/mol. The maximum atomic E-state index is 12.4. The molecule has 0 bridgehead atoms. The number of nitrogens with zero attached hydrogens (tertiary/aromatic N) is 4. The number of aliphatic hydroxyl groups is 1. The van der Waals surface area contributed by atoms with Crippen LogP contribution >= 0.6 is 0 Å². The third-order valence-corrected chi connectivity index (χ3v) is 4.90. The molecule has 1 atom stereocenters. The van der Waals surface area contributed by atoms with Gasteiger partial charge in [-0.3, -0.25) is 4.79 Å². The Kier molecular flexibility index (Phi) is 4.53. The van der Waals surface area contributed by atoms with Gasteiger partial charge in [0.25, 0.3) is 0 Å². The second kappa shape index (κ2) is 6.43. The Hall–Kier alpha value is -1.69. The number of β-amino-alcohol motifs (C(OH)–C–C–N with tert-alkyl or cyclic N) is 1. The minimum Gasteiger partial charge on any atom is -0.381 e. The summed E-state index contributed by atoms with van der Waals surface area (Å²) in [5, 5.41) is 19.0. The zero-order valence-electron chi connectivity index (χ0n) is 14.0. The molecule has 1 amide bonds. The van der Waals surface area contributed by atoms with Crippen molar-refractivity contribution in [3.05, 3.63) is 23.5 Å². The van der Waals surface area contributed by atoms with Gasteiger partial charge in [0, 0.05) is 25.1 Å². The lowest BCUT2D eigenvalue weighted by molar-refractivity contribution is -0.126. The second-order valence-corrected chi connectivity index (χ2v) is 7.08. The van der Waals surface area contributed by atoms with Gasteiger partial charge in [-0.25, -0.2) is 4.68 Å². The Morgan fingerprint density at radius 1 is 1.35 bits per heavy atom. The van der Waals surface area contributed by atoms with E-state index in [2.05, 4.69) is 10.3 Å². The van der Waals surface area contributed by atoms with Gasteiger partial charge in [0.2, 0.25) is 5.91 Å². The molecule has 1 aliphatic heterocycles. The predicted molar refractivity (Wildman–Crippen MR) is 86.7 cm³/mol. The van der Waals surface area contributed by atoms with Crippen molar-refractivity contribution in [2.24, 2.45) is 0 Å². The summed E-state index contributed by atoms with van der Waals surface area (Å²) in [5.74, 6) is 0.0223. The fourth-order valence-electron chi connectivity index (χ4n) is 3.35. The van der Waals surface area contributed by atoms with E-state index in [1.165, 1.54) is 24.8 Å². The summed E-state index contributed by atoms with van der Waals surface area (Å²) in [5.41, 5.74) is 0.739. The lowest BCUT2D eigenvalue weighted by Crippen LogP contribution is -2.34. The van der Waals surface area contributed by atoms with Gasteiger partial charge in [-0.05, 0) is 39.5 Å². The molecule has 0 radical (unpaired) electrons. The summed E-state index contributed by atoms with van der Waals surface area (Å²) in [6.45, 7) is 4.90. The van der Waals surface area contributed by atoms with Crippen LogP contribution < -0.4 is 0 Å². The highest BCUT2D eigenvalue weighted by molar-refractivity contribution is 5.88. The van der Waals surface area contributed by atoms with E-state index in [-0.39, 0.29) is 11.9 Å². The first-order valence-corrected chi connectivity index (χ1v) is 8.61. The van der Waals surface area contributed by atoms with E-state index in [0.717, 1.165) is 12.8 Å². The number of likely N-dealkylation sites (tertiary alicyclic amines) is 1. The van der Waals surface area contributed by atoms with Crippen LogP contribution in [0.3, 0.4) is 0 Å². The standard InChI is InChI=1S/C17H26N4O2/c1-13(2)21-11-15(18-19-21)17(23)8-9-20(12-17)16(22)10-14-6-4-3-5-7-14/h10-11,13,23H,3-9,12H2,1-2H3/t17-/m0/s1. The summed E-state index contributed by atoms with van der Waals surface area (Å²) in [6.07, 6.45) is 9.79. The fraction of sp³-hybridized carbons (Fsp3) is 0.706. The van der Waals surface area contributed by atoms with E-state index >= 15 is 0 Å². The molecule has 1 aromatic rings. The van der Waals surface area contributed by atoms with Crippen LogP contribution in [-0.2, 0) is 10.4 Å². The van der Waals surface area contributed by atoms with Gasteiger partial charge in [-0.1, -0.05) is 17.2 Å². The van der Waals surface area contributed by atoms with Crippen molar-refractivity contribution in [1.82, 2.24) is 19.9 Å². The van der Waals surface area contributed by atoms with E-state index in [4.69, 9.17) is 0 Å². The quantitative estimate of drug-likeness (QED) is 0.867. The number of amides is 1. The van der Waals surface area contributed by atoms with Crippen LogP contribution in [0.1, 0.15) is 64.1 Å². The first-order chi connectivity index (χ1) is 11.0. The molecule has 1 N–H and O–H groups in total. The fourth-order valence-corrected chi connectivity index (χ4v) is 3.35. The largest absolute Gasteiger partial charge is 0.381 e. The summed E-state index contributed by atoms with van der Waals surface area (Å²) < 4.78 is 1.74. The molecule has 2 aliphatic rings. The zero-order chi connectivity index (χ0) is 16.4. The second-order valence-electron chi connectivity index (χ2n) is 7.08. The minimum atomic E-state index is -1.08. The van der Waals surface area contributed by atoms with E-state index in [9.17, 15) is 9.90 Å². The van der Waals surface area contributed by atoms with Crippen molar-refractivity contribution in [3.63, 3.8) is 0 Å². The van der Waals surface area contributed by atoms with Gasteiger partial charge in [-0.2, -0.15) is 0 Å². The van der Waals surface area contributed by atoms with Gasteiger partial charge >= 0.3 is 0 Å². The molecular weight excluding hydrogens is 292 g/mol. The average molecular weight is 318 g/mol. The van der Waals surface area contributed by atoms with Crippen LogP contribution in [0.2, 0.25) is 0 Å². The molecule has 23 heavy (non-hydrogen) atoms. The number of hydrogen-bond donors (Lipinski definition) is 1. The van der Waals surface area contributed by atoms with E-state index < -0.39 is 5.60 Å². The number of rotatable bonds is 3. The first-order valence-electron chi connectivity index (χ1n) is 8.61. The molecular formula is C17H26N4O2. The van der Waals surface area contributed by atoms with Gasteiger partial charge in [0.15, 0.2) is 0 Å². The number of carbonyl (C=O) groups is 1. The van der Waals surface area contributed by atoms with Gasteiger partial charge in [0.05, 0.1) is 12.7 Å². The van der Waals surface area contributed by atoms with Crippen LogP contribution in [-0.4, -0.2) is 44.0 Å². The molecule has 1 saturated carbocycles. The molecule has 2 fully saturated rings. The van der Waals surface area contributed by atoms with Gasteiger partial charge < -0.3 is 10.0 Å². The SMILES string of the molecule is CC(C)n1cc([C@]2(O)CCN(C(=O)C=C3CCCCC3)C2)nn1. The topological polar surface area (TPSA) is 71.2 Å². The molecule has 0 aromatic carbocycles. The molecule has 0 unspecified atom stereocenters. The Balaban J connectivity index is 1.67. The molecule has 2 heterocycles. The number of aromatic nitrogens is 3. The average Bonchev–Trinajstić information content (AvgIpc) is 3.16. The first kappa shape index (κ1) is 16.2. The normalized spacial score (nSPS) is 25.2. The molecule has 1 aliphatic carbocycles. The Bertz CT molecular complexity index is 599. The summed E-state index contributed by atoms with van der Waals surface area (Å²) in [4.78, 5) is 14.2. The zero-order valence-corrected chi connectivity index (χ0v) is 14.0. The van der Waals surface area contributed by atoms with E-state index in [1.54, 1.807) is 21.9 Å². The number of carbonyl (C=O) groups excluding carboxylic acids is 1. The highest BCUT2D eigenvalue weighted by Crippen LogP contribution is 2.31. The summed E-state index contributed by atoms with van der Waals surface area (Å²) >= 11 is 0. The van der Waals surface area contributed by atoms with Crippen molar-refractivity contribution < 1.29 is 9.90 Å². The van der Waals surface area contributed by atoms with Crippen LogP contribution in [0.25, 0.3) is 0 Å². The van der Waals surface area contributed by atoms with Gasteiger partial charge in [-0.15, -0.1) is 5.10 Å². The Morgan fingerprint density at radius 2 is 2.09 bits per heavy atom. The molecule has 6 nitrogen and oxygen atoms in total. The number of hydrogen-bond acceptors (Lipinski definition) is 4. The Labute approximate surface area is 137 Å². The summed E-state index contributed by atoms with van der Waals surface area (Å²) in [7, 11) is 0. The lowest BCUT2D eigenvalue weighted by Gasteiger charge is -2.21. The molecule has 6 heteroatoms. The van der Waals surface area contributed by atoms with Crippen molar-refractivity contribution in [2.75, 3.05) is 13.1 Å². The Morgan fingerprint density at radius 3 is 2.74 bits per heavy atom. The lowest BCUT2D eigenvalue weighted by atomic mass is 9.94. The van der Waals surface area contributed by atoms with Crippen LogP contribution in [0.4, 0.5) is 0 Å².